The van der Waals surface area contributed by atoms with E-state index in [0.29, 0.717) is 26.4 Å². The lowest BCUT2D eigenvalue weighted by Crippen LogP contribution is -2.49. The molecular weight excluding hydrogens is 427 g/mol. The van der Waals surface area contributed by atoms with Crippen LogP contribution in [0.15, 0.2) is 54.6 Å². The normalized spacial score (nSPS) is 19.4. The summed E-state index contributed by atoms with van der Waals surface area (Å²) in [6, 6.07) is 18.1. The topological polar surface area (TPSA) is 54.4 Å². The number of aliphatic hydroxyl groups excluding tert-OH is 1. The molecule has 2 unspecified atom stereocenters. The first-order chi connectivity index (χ1) is 13.8. The van der Waals surface area contributed by atoms with Crippen LogP contribution in [0, 0.1) is 0 Å². The van der Waals surface area contributed by atoms with Gasteiger partial charge in [-0.1, -0.05) is 30.3 Å². The van der Waals surface area contributed by atoms with Gasteiger partial charge in [0.25, 0.3) is 0 Å². The van der Waals surface area contributed by atoms with Gasteiger partial charge < -0.3 is 24.2 Å². The van der Waals surface area contributed by atoms with Crippen molar-refractivity contribution < 1.29 is 19.3 Å². The number of fused-ring (bicyclic) bond motifs is 1. The van der Waals surface area contributed by atoms with Crippen molar-refractivity contribution in [2.45, 2.75) is 12.2 Å². The molecule has 0 bridgehead atoms. The Bertz CT molecular complexity index is 745. The molecule has 0 spiro atoms. The van der Waals surface area contributed by atoms with Crippen molar-refractivity contribution in [2.24, 2.45) is 0 Å². The maximum absolute atomic E-state index is 10.3. The van der Waals surface area contributed by atoms with Gasteiger partial charge in [0.15, 0.2) is 17.6 Å². The Morgan fingerprint density at radius 2 is 1.60 bits per heavy atom. The van der Waals surface area contributed by atoms with Gasteiger partial charge in [-0.05, 0) is 24.3 Å². The molecule has 1 N–H and O–H groups in total. The molecule has 0 amide bonds. The third-order valence-corrected chi connectivity index (χ3v) is 5.14. The van der Waals surface area contributed by atoms with Crippen LogP contribution in [0.2, 0.25) is 0 Å². The van der Waals surface area contributed by atoms with Crippen LogP contribution in [0.1, 0.15) is 0 Å². The number of benzene rings is 2. The number of anilines is 1. The monoisotopic (exact) mass is 456 g/mol. The van der Waals surface area contributed by atoms with Crippen molar-refractivity contribution in [3.63, 3.8) is 0 Å². The zero-order chi connectivity index (χ0) is 19.2. The number of para-hydroxylation sites is 3. The second-order valence-electron chi connectivity index (χ2n) is 7.31. The fourth-order valence-electron chi connectivity index (χ4n) is 3.66. The molecule has 166 valence electrons. The van der Waals surface area contributed by atoms with Gasteiger partial charge in [-0.2, -0.15) is 0 Å². The fourth-order valence-corrected chi connectivity index (χ4v) is 3.66. The molecule has 1 fully saturated rings. The minimum absolute atomic E-state index is 0. The number of halogens is 2. The highest BCUT2D eigenvalue weighted by molar-refractivity contribution is 5.85. The molecule has 2 aromatic carbocycles. The zero-order valence-corrected chi connectivity index (χ0v) is 18.5. The Morgan fingerprint density at radius 1 is 0.933 bits per heavy atom. The van der Waals surface area contributed by atoms with E-state index in [1.807, 2.05) is 30.3 Å². The second kappa shape index (κ2) is 12.2. The molecule has 2 aliphatic rings. The van der Waals surface area contributed by atoms with E-state index in [2.05, 4.69) is 34.1 Å². The standard InChI is InChI=1S/C22H28N2O4.2ClH/c25-19(14-23-10-12-24(13-11-23)18-6-2-1-3-7-18)15-26-16-20-17-27-21-8-4-5-9-22(21)28-20;;/h1-9,19-20,25H,10-17H2;2*1H. The number of piperazine rings is 1. The third kappa shape index (κ3) is 6.65. The van der Waals surface area contributed by atoms with E-state index in [1.165, 1.54) is 5.69 Å². The largest absolute Gasteiger partial charge is 0.486 e. The highest BCUT2D eigenvalue weighted by Gasteiger charge is 2.22. The number of hydrogen-bond donors (Lipinski definition) is 1. The van der Waals surface area contributed by atoms with Gasteiger partial charge in [-0.3, -0.25) is 4.90 Å². The lowest BCUT2D eigenvalue weighted by molar-refractivity contribution is -0.0292. The molecule has 4 rings (SSSR count). The van der Waals surface area contributed by atoms with Gasteiger partial charge in [0.2, 0.25) is 0 Å². The molecule has 0 radical (unpaired) electrons. The predicted molar refractivity (Wildman–Crippen MR) is 123 cm³/mol. The van der Waals surface area contributed by atoms with Crippen molar-refractivity contribution in [1.29, 1.82) is 0 Å². The molecule has 6 nitrogen and oxygen atoms in total. The Labute approximate surface area is 190 Å². The van der Waals surface area contributed by atoms with E-state index in [0.717, 1.165) is 37.7 Å². The molecule has 0 saturated carbocycles. The summed E-state index contributed by atoms with van der Waals surface area (Å²) in [7, 11) is 0. The van der Waals surface area contributed by atoms with Gasteiger partial charge in [0, 0.05) is 38.4 Å². The van der Waals surface area contributed by atoms with E-state index in [1.54, 1.807) is 0 Å². The summed E-state index contributed by atoms with van der Waals surface area (Å²) in [5.74, 6) is 1.52. The van der Waals surface area contributed by atoms with Crippen LogP contribution in [0.25, 0.3) is 0 Å². The number of β-amino-alcohol motifs (C(OH)–C–C–N with tert-alkyl or cyclic N) is 1. The van der Waals surface area contributed by atoms with Crippen molar-refractivity contribution in [3.05, 3.63) is 54.6 Å². The second-order valence-corrected chi connectivity index (χ2v) is 7.31. The quantitative estimate of drug-likeness (QED) is 0.691. The fraction of sp³-hybridized carbons (Fsp3) is 0.455. The van der Waals surface area contributed by atoms with Crippen molar-refractivity contribution in [2.75, 3.05) is 57.4 Å². The van der Waals surface area contributed by atoms with E-state index < -0.39 is 6.10 Å². The number of aliphatic hydroxyl groups is 1. The molecule has 2 atom stereocenters. The molecule has 2 aromatic rings. The Morgan fingerprint density at radius 3 is 2.33 bits per heavy atom. The van der Waals surface area contributed by atoms with Crippen LogP contribution in [-0.4, -0.2) is 74.8 Å². The molecule has 1 saturated heterocycles. The van der Waals surface area contributed by atoms with Gasteiger partial charge >= 0.3 is 0 Å². The van der Waals surface area contributed by atoms with Gasteiger partial charge in [0.05, 0.1) is 19.3 Å². The minimum atomic E-state index is -0.500. The molecule has 2 aliphatic heterocycles. The van der Waals surface area contributed by atoms with Crippen molar-refractivity contribution in [1.82, 2.24) is 4.90 Å². The Balaban J connectivity index is 0.00000160. The summed E-state index contributed by atoms with van der Waals surface area (Å²) in [6.45, 7) is 5.66. The smallest absolute Gasteiger partial charge is 0.161 e. The maximum atomic E-state index is 10.3. The lowest BCUT2D eigenvalue weighted by atomic mass is 10.2. The van der Waals surface area contributed by atoms with Crippen LogP contribution in [0.4, 0.5) is 5.69 Å². The van der Waals surface area contributed by atoms with E-state index in [9.17, 15) is 5.11 Å². The SMILES string of the molecule is Cl.Cl.OC(COCC1COc2ccccc2O1)CN1CCN(c2ccccc2)CC1. The summed E-state index contributed by atoms with van der Waals surface area (Å²) in [6.07, 6.45) is -0.642. The van der Waals surface area contributed by atoms with E-state index in [-0.39, 0.29) is 30.9 Å². The van der Waals surface area contributed by atoms with Crippen LogP contribution >= 0.6 is 24.8 Å². The number of hydrogen-bond acceptors (Lipinski definition) is 6. The van der Waals surface area contributed by atoms with E-state index >= 15 is 0 Å². The number of rotatable bonds is 7. The first-order valence-electron chi connectivity index (χ1n) is 9.94. The summed E-state index contributed by atoms with van der Waals surface area (Å²) in [5, 5.41) is 10.3. The average molecular weight is 457 g/mol. The Kier molecular flexibility index (Phi) is 10.0. The molecule has 8 heteroatoms. The summed E-state index contributed by atoms with van der Waals surface area (Å²) in [4.78, 5) is 4.68. The van der Waals surface area contributed by atoms with Gasteiger partial charge in [-0.15, -0.1) is 24.8 Å². The van der Waals surface area contributed by atoms with E-state index in [4.69, 9.17) is 14.2 Å². The third-order valence-electron chi connectivity index (χ3n) is 5.14. The number of ether oxygens (including phenoxy) is 3. The van der Waals surface area contributed by atoms with Crippen LogP contribution in [0.5, 0.6) is 11.5 Å². The zero-order valence-electron chi connectivity index (χ0n) is 16.9. The number of nitrogens with zero attached hydrogens (tertiary/aromatic N) is 2. The van der Waals surface area contributed by atoms with Gasteiger partial charge in [0.1, 0.15) is 6.61 Å². The van der Waals surface area contributed by atoms with Crippen molar-refractivity contribution in [3.8, 4) is 11.5 Å². The highest BCUT2D eigenvalue weighted by atomic mass is 35.5. The lowest BCUT2D eigenvalue weighted by Gasteiger charge is -2.36. The first-order valence-corrected chi connectivity index (χ1v) is 9.94. The summed E-state index contributed by atoms with van der Waals surface area (Å²) < 4.78 is 17.2. The molecule has 2 heterocycles. The predicted octanol–water partition coefficient (Wildman–Crippen LogP) is 2.87. The maximum Gasteiger partial charge on any atom is 0.161 e. The summed E-state index contributed by atoms with van der Waals surface area (Å²) >= 11 is 0. The van der Waals surface area contributed by atoms with Crippen LogP contribution in [0.3, 0.4) is 0 Å². The van der Waals surface area contributed by atoms with Crippen LogP contribution < -0.4 is 14.4 Å². The molecule has 30 heavy (non-hydrogen) atoms. The molecule has 0 aromatic heterocycles. The van der Waals surface area contributed by atoms with Crippen LogP contribution in [-0.2, 0) is 4.74 Å². The first kappa shape index (κ1) is 24.6. The molecular formula is C22H30Cl2N2O4. The average Bonchev–Trinajstić information content (AvgIpc) is 2.75. The highest BCUT2D eigenvalue weighted by Crippen LogP contribution is 2.30. The Hall–Kier alpha value is -1.70. The van der Waals surface area contributed by atoms with Gasteiger partial charge in [-0.25, -0.2) is 0 Å². The van der Waals surface area contributed by atoms with Crippen molar-refractivity contribution >= 4 is 30.5 Å². The minimum Gasteiger partial charge on any atom is -0.486 e. The molecule has 0 aliphatic carbocycles. The summed E-state index contributed by atoms with van der Waals surface area (Å²) in [5.41, 5.74) is 1.27.